The second kappa shape index (κ2) is 11.2. The Hall–Kier alpha value is -2.59. The average molecular weight is 396 g/mol. The standard InChI is InChI=1S/C17H24N4O5S/c1-10(17(25)26)19-16(24)13(9-27)21-15(23)12(20-14(22)8-18)7-11-5-3-2-4-6-11/h2-6,10,12-13,27H,7-9,18H2,1H3,(H,19,24)(H,20,22)(H,21,23)(H,25,26). The van der Waals surface area contributed by atoms with Gasteiger partial charge in [0.1, 0.15) is 18.1 Å². The highest BCUT2D eigenvalue weighted by atomic mass is 32.1. The highest BCUT2D eigenvalue weighted by Gasteiger charge is 2.27. The number of hydrogen-bond acceptors (Lipinski definition) is 6. The van der Waals surface area contributed by atoms with Gasteiger partial charge in [-0.3, -0.25) is 19.2 Å². The van der Waals surface area contributed by atoms with E-state index in [1.807, 2.05) is 6.07 Å². The Morgan fingerprint density at radius 1 is 1.04 bits per heavy atom. The van der Waals surface area contributed by atoms with Crippen LogP contribution < -0.4 is 21.7 Å². The Morgan fingerprint density at radius 2 is 1.63 bits per heavy atom. The van der Waals surface area contributed by atoms with Crippen LogP contribution >= 0.6 is 12.6 Å². The Kier molecular flexibility index (Phi) is 9.31. The molecular formula is C17H24N4O5S. The van der Waals surface area contributed by atoms with Gasteiger partial charge in [0.25, 0.3) is 0 Å². The number of carbonyl (C=O) groups excluding carboxylic acids is 3. The van der Waals surface area contributed by atoms with Gasteiger partial charge in [0.15, 0.2) is 0 Å². The Bertz CT molecular complexity index is 671. The number of amides is 3. The lowest BCUT2D eigenvalue weighted by atomic mass is 10.0. The van der Waals surface area contributed by atoms with Crippen LogP contribution in [0.3, 0.4) is 0 Å². The van der Waals surface area contributed by atoms with Crippen LogP contribution in [-0.2, 0) is 25.6 Å². The predicted molar refractivity (Wildman–Crippen MR) is 102 cm³/mol. The highest BCUT2D eigenvalue weighted by Crippen LogP contribution is 2.04. The Balaban J connectivity index is 2.84. The van der Waals surface area contributed by atoms with E-state index in [0.717, 1.165) is 5.56 Å². The minimum atomic E-state index is -1.20. The van der Waals surface area contributed by atoms with Gasteiger partial charge < -0.3 is 26.8 Å². The Morgan fingerprint density at radius 3 is 2.15 bits per heavy atom. The molecule has 0 spiro atoms. The monoisotopic (exact) mass is 396 g/mol. The zero-order valence-electron chi connectivity index (χ0n) is 14.8. The second-order valence-corrected chi connectivity index (χ2v) is 6.19. The van der Waals surface area contributed by atoms with Crippen LogP contribution in [-0.4, -0.2) is 59.2 Å². The summed E-state index contributed by atoms with van der Waals surface area (Å²) in [5.41, 5.74) is 6.10. The van der Waals surface area contributed by atoms with E-state index in [1.54, 1.807) is 24.3 Å². The van der Waals surface area contributed by atoms with E-state index in [9.17, 15) is 19.2 Å². The zero-order chi connectivity index (χ0) is 20.4. The summed E-state index contributed by atoms with van der Waals surface area (Å²) in [5, 5.41) is 16.1. The van der Waals surface area contributed by atoms with Crippen LogP contribution in [0.5, 0.6) is 0 Å². The van der Waals surface area contributed by atoms with Gasteiger partial charge in [-0.1, -0.05) is 30.3 Å². The molecule has 3 unspecified atom stereocenters. The zero-order valence-corrected chi connectivity index (χ0v) is 15.7. The van der Waals surface area contributed by atoms with Crippen molar-refractivity contribution in [1.82, 2.24) is 16.0 Å². The van der Waals surface area contributed by atoms with Crippen molar-refractivity contribution in [3.63, 3.8) is 0 Å². The van der Waals surface area contributed by atoms with Crippen molar-refractivity contribution >= 4 is 36.3 Å². The Labute approximate surface area is 162 Å². The number of thiol groups is 1. The van der Waals surface area contributed by atoms with E-state index >= 15 is 0 Å². The van der Waals surface area contributed by atoms with Crippen LogP contribution in [0.15, 0.2) is 30.3 Å². The van der Waals surface area contributed by atoms with Crippen LogP contribution in [0.2, 0.25) is 0 Å². The third-order valence-electron chi connectivity index (χ3n) is 3.66. The van der Waals surface area contributed by atoms with Gasteiger partial charge in [0.05, 0.1) is 6.54 Å². The van der Waals surface area contributed by atoms with E-state index < -0.39 is 41.8 Å². The molecular weight excluding hydrogens is 372 g/mol. The lowest BCUT2D eigenvalue weighted by Gasteiger charge is -2.23. The number of carbonyl (C=O) groups is 4. The first kappa shape index (κ1) is 22.5. The topological polar surface area (TPSA) is 151 Å². The molecule has 0 aliphatic heterocycles. The largest absolute Gasteiger partial charge is 0.480 e. The molecule has 3 amide bonds. The first-order valence-electron chi connectivity index (χ1n) is 8.26. The molecule has 0 aromatic heterocycles. The van der Waals surface area contributed by atoms with Gasteiger partial charge >= 0.3 is 5.97 Å². The van der Waals surface area contributed by atoms with E-state index in [1.165, 1.54) is 6.92 Å². The summed E-state index contributed by atoms with van der Waals surface area (Å²) < 4.78 is 0. The van der Waals surface area contributed by atoms with Crippen molar-refractivity contribution < 1.29 is 24.3 Å². The number of hydrogen-bond donors (Lipinski definition) is 6. The molecule has 0 aliphatic rings. The molecule has 1 aromatic rings. The molecule has 0 radical (unpaired) electrons. The fraction of sp³-hybridized carbons (Fsp3) is 0.412. The molecule has 9 nitrogen and oxygen atoms in total. The van der Waals surface area contributed by atoms with Crippen molar-refractivity contribution in [2.45, 2.75) is 31.5 Å². The summed E-state index contributed by atoms with van der Waals surface area (Å²) in [7, 11) is 0. The van der Waals surface area contributed by atoms with E-state index in [-0.39, 0.29) is 18.7 Å². The molecule has 0 fully saturated rings. The van der Waals surface area contributed by atoms with Crippen LogP contribution in [0, 0.1) is 0 Å². The summed E-state index contributed by atoms with van der Waals surface area (Å²) in [6, 6.07) is 5.89. The summed E-state index contributed by atoms with van der Waals surface area (Å²) >= 11 is 4.03. The minimum Gasteiger partial charge on any atom is -0.480 e. The van der Waals surface area contributed by atoms with Gasteiger partial charge in [-0.2, -0.15) is 12.6 Å². The van der Waals surface area contributed by atoms with E-state index in [0.29, 0.717) is 0 Å². The summed E-state index contributed by atoms with van der Waals surface area (Å²) in [6.07, 6.45) is 0.199. The molecule has 27 heavy (non-hydrogen) atoms. The number of aliphatic carboxylic acids is 1. The van der Waals surface area contributed by atoms with Crippen LogP contribution in [0.4, 0.5) is 0 Å². The van der Waals surface area contributed by atoms with Crippen molar-refractivity contribution in [3.8, 4) is 0 Å². The lowest BCUT2D eigenvalue weighted by molar-refractivity contribution is -0.141. The molecule has 3 atom stereocenters. The van der Waals surface area contributed by atoms with Gasteiger partial charge in [-0.05, 0) is 12.5 Å². The number of carboxylic acid groups (broad SMARTS) is 1. The lowest BCUT2D eigenvalue weighted by Crippen LogP contribution is -2.57. The number of nitrogens with one attached hydrogen (secondary N) is 3. The molecule has 0 aliphatic carbocycles. The number of benzene rings is 1. The number of rotatable bonds is 10. The normalized spacial score (nSPS) is 13.7. The minimum absolute atomic E-state index is 0.0488. The fourth-order valence-electron chi connectivity index (χ4n) is 2.15. The summed E-state index contributed by atoms with van der Waals surface area (Å²) in [5.74, 6) is -3.05. The van der Waals surface area contributed by atoms with E-state index in [2.05, 4.69) is 28.6 Å². The molecule has 6 N–H and O–H groups in total. The smallest absolute Gasteiger partial charge is 0.325 e. The molecule has 0 saturated heterocycles. The van der Waals surface area contributed by atoms with Gasteiger partial charge in [0.2, 0.25) is 17.7 Å². The molecule has 0 heterocycles. The van der Waals surface area contributed by atoms with Crippen LogP contribution in [0.1, 0.15) is 12.5 Å². The third-order valence-corrected chi connectivity index (χ3v) is 4.03. The molecule has 10 heteroatoms. The molecule has 1 rings (SSSR count). The number of carboxylic acids is 1. The quantitative estimate of drug-likeness (QED) is 0.270. The van der Waals surface area contributed by atoms with Crippen molar-refractivity contribution in [3.05, 3.63) is 35.9 Å². The maximum absolute atomic E-state index is 12.6. The fourth-order valence-corrected chi connectivity index (χ4v) is 2.41. The van der Waals surface area contributed by atoms with Crippen molar-refractivity contribution in [1.29, 1.82) is 0 Å². The number of nitrogens with two attached hydrogens (primary N) is 1. The third kappa shape index (κ3) is 7.67. The van der Waals surface area contributed by atoms with Gasteiger partial charge in [-0.25, -0.2) is 0 Å². The average Bonchev–Trinajstić information content (AvgIpc) is 2.65. The second-order valence-electron chi connectivity index (χ2n) is 5.83. The first-order valence-corrected chi connectivity index (χ1v) is 8.89. The predicted octanol–water partition coefficient (Wildman–Crippen LogP) is -1.32. The highest BCUT2D eigenvalue weighted by molar-refractivity contribution is 7.80. The molecule has 148 valence electrons. The molecule has 0 saturated carbocycles. The summed E-state index contributed by atoms with van der Waals surface area (Å²) in [4.78, 5) is 47.2. The van der Waals surface area contributed by atoms with Crippen molar-refractivity contribution in [2.24, 2.45) is 5.73 Å². The summed E-state index contributed by atoms with van der Waals surface area (Å²) in [6.45, 7) is 1.02. The maximum Gasteiger partial charge on any atom is 0.325 e. The van der Waals surface area contributed by atoms with E-state index in [4.69, 9.17) is 10.8 Å². The molecule has 0 bridgehead atoms. The van der Waals surface area contributed by atoms with Crippen LogP contribution in [0.25, 0.3) is 0 Å². The van der Waals surface area contributed by atoms with Crippen molar-refractivity contribution in [2.75, 3.05) is 12.3 Å². The van der Waals surface area contributed by atoms with Gasteiger partial charge in [0, 0.05) is 12.2 Å². The SMILES string of the molecule is CC(NC(=O)C(CS)NC(=O)C(Cc1ccccc1)NC(=O)CN)C(=O)O. The maximum atomic E-state index is 12.6. The van der Waals surface area contributed by atoms with Gasteiger partial charge in [-0.15, -0.1) is 0 Å². The first-order chi connectivity index (χ1) is 12.8. The molecule has 1 aromatic carbocycles.